The molecule has 4 bridgehead atoms. The maximum Gasteiger partial charge on any atom is 0 e. The first-order valence-electron chi connectivity index (χ1n) is 18.9. The Balaban J connectivity index is -0.0000000568. The zero-order valence-electron chi connectivity index (χ0n) is 38.2. The van der Waals surface area contributed by atoms with Crippen LogP contribution in [0.5, 0.6) is 0 Å². The van der Waals surface area contributed by atoms with Crippen molar-refractivity contribution >= 4 is 0 Å². The van der Waals surface area contributed by atoms with Gasteiger partial charge in [-0.3, -0.25) is 0 Å². The molecule has 8 rings (SSSR count). The van der Waals surface area contributed by atoms with Gasteiger partial charge in [0, 0.05) is 196 Å². The van der Waals surface area contributed by atoms with Gasteiger partial charge in [0.05, 0.1) is 0 Å². The molecular formula is C48H83Y6-3. The fraction of sp³-hybridized carbons (Fsp3) is 0.562. The molecule has 3 aromatic carbocycles. The number of hydrogen-bond donors (Lipinski definition) is 0. The fourth-order valence-electron chi connectivity index (χ4n) is 8.25. The van der Waals surface area contributed by atoms with E-state index >= 15 is 0 Å². The molecule has 6 radical (unpaired) electrons. The van der Waals surface area contributed by atoms with Crippen molar-refractivity contribution in [2.45, 2.75) is 115 Å². The van der Waals surface area contributed by atoms with E-state index in [4.69, 9.17) is 0 Å². The van der Waals surface area contributed by atoms with E-state index in [0.29, 0.717) is 0 Å². The summed E-state index contributed by atoms with van der Waals surface area (Å²) in [4.78, 5) is 0. The Kier molecular flexibility index (Phi) is 84.0. The zero-order chi connectivity index (χ0) is 34.0. The largest absolute Gasteiger partial charge is 0.358 e. The van der Waals surface area contributed by atoms with Gasteiger partial charge < -0.3 is 22.3 Å². The van der Waals surface area contributed by atoms with Crippen LogP contribution in [0, 0.1) is 81.5 Å². The molecule has 0 spiro atoms. The molecule has 0 aliphatic heterocycles. The molecule has 5 saturated carbocycles. The summed E-state index contributed by atoms with van der Waals surface area (Å²) in [7, 11) is 0. The van der Waals surface area contributed by atoms with Crippen molar-refractivity contribution in [1.29, 1.82) is 0 Å². The smallest absolute Gasteiger partial charge is 0 e. The van der Waals surface area contributed by atoms with Gasteiger partial charge in [0.25, 0.3) is 0 Å². The summed E-state index contributed by atoms with van der Waals surface area (Å²) in [6.07, 6.45) is 7.24. The minimum Gasteiger partial charge on any atom is -0.358 e. The number of hydrogen-bond acceptors (Lipinski definition) is 0. The summed E-state index contributed by atoms with van der Waals surface area (Å²) in [6.45, 7) is 26.7. The minimum atomic E-state index is 0. The van der Waals surface area contributed by atoms with Gasteiger partial charge in [-0.25, -0.2) is 0 Å². The van der Waals surface area contributed by atoms with Crippen LogP contribution < -0.4 is 0 Å². The second-order valence-electron chi connectivity index (χ2n) is 12.9. The molecule has 10 unspecified atom stereocenters. The molecular weight excluding hydrogens is 1110 g/mol. The van der Waals surface area contributed by atoms with Crippen molar-refractivity contribution in [3.63, 3.8) is 0 Å². The SMILES string of the molecule is CC.CC.CC1C(C)C2CCC1C1C3CC(C(C)C3C)C21.CCC.CCC.[CH3-].[CH3-].[CH3-].[Y].[Y].[Y].[Y].[Y].[Y].c1ccccc1.c1ccccc1.c1ccccc1. The van der Waals surface area contributed by atoms with Crippen LogP contribution in [0.3, 0.4) is 0 Å². The average molecular weight is 1190 g/mol. The molecule has 0 heterocycles. The first-order valence-corrected chi connectivity index (χ1v) is 18.9. The Morgan fingerprint density at radius 1 is 0.315 bits per heavy atom. The van der Waals surface area contributed by atoms with Crippen LogP contribution >= 0.6 is 0 Å². The molecule has 0 saturated heterocycles. The van der Waals surface area contributed by atoms with Gasteiger partial charge in [-0.05, 0) is 78.4 Å². The Hall–Kier alpha value is 4.28. The molecule has 3 aromatic rings. The fourth-order valence-corrected chi connectivity index (χ4v) is 8.25. The topological polar surface area (TPSA) is 0 Å². The van der Waals surface area contributed by atoms with Crippen LogP contribution in [-0.4, -0.2) is 0 Å². The summed E-state index contributed by atoms with van der Waals surface area (Å²) >= 11 is 0. The normalized spacial score (nSPS) is 25.1. The van der Waals surface area contributed by atoms with Crippen molar-refractivity contribution in [3.8, 4) is 0 Å². The monoisotopic (exact) mass is 1190 g/mol. The molecule has 5 aliphatic carbocycles. The van der Waals surface area contributed by atoms with E-state index in [1.807, 2.05) is 137 Å². The molecule has 54 heavy (non-hydrogen) atoms. The quantitative estimate of drug-likeness (QED) is 0.197. The zero-order valence-corrected chi connectivity index (χ0v) is 55.2. The number of benzene rings is 3. The Bertz CT molecular complexity index is 805. The third-order valence-electron chi connectivity index (χ3n) is 10.2. The van der Waals surface area contributed by atoms with Gasteiger partial charge in [-0.15, -0.1) is 0 Å². The van der Waals surface area contributed by atoms with Crippen molar-refractivity contribution in [2.24, 2.45) is 59.2 Å². The first-order chi connectivity index (χ1) is 21.9. The van der Waals surface area contributed by atoms with Gasteiger partial charge in [0.2, 0.25) is 0 Å². The molecule has 5 fully saturated rings. The Morgan fingerprint density at radius 2 is 0.444 bits per heavy atom. The molecule has 0 aromatic heterocycles. The van der Waals surface area contributed by atoms with E-state index in [0.717, 1.165) is 59.2 Å². The summed E-state index contributed by atoms with van der Waals surface area (Å²) in [5.74, 6) is 10.8. The molecule has 296 valence electrons. The van der Waals surface area contributed by atoms with Crippen LogP contribution in [0.2, 0.25) is 0 Å². The third kappa shape index (κ3) is 30.4. The minimum absolute atomic E-state index is 0. The van der Waals surface area contributed by atoms with Crippen LogP contribution in [-0.2, 0) is 196 Å². The van der Waals surface area contributed by atoms with Crippen LogP contribution in [0.15, 0.2) is 109 Å². The summed E-state index contributed by atoms with van der Waals surface area (Å²) in [6, 6.07) is 36.0. The third-order valence-corrected chi connectivity index (χ3v) is 10.2. The summed E-state index contributed by atoms with van der Waals surface area (Å²) in [5, 5.41) is 0. The molecule has 10 atom stereocenters. The average Bonchev–Trinajstić information content (AvgIpc) is 3.66. The van der Waals surface area contributed by atoms with Crippen molar-refractivity contribution in [2.75, 3.05) is 0 Å². The molecule has 6 heteroatoms. The van der Waals surface area contributed by atoms with Gasteiger partial charge in [0.1, 0.15) is 0 Å². The van der Waals surface area contributed by atoms with E-state index in [9.17, 15) is 0 Å². The number of rotatable bonds is 0. The van der Waals surface area contributed by atoms with E-state index in [1.54, 1.807) is 19.3 Å². The molecule has 0 nitrogen and oxygen atoms in total. The number of fused-ring (bicyclic) bond motifs is 4. The first kappa shape index (κ1) is 82.0. The van der Waals surface area contributed by atoms with Crippen LogP contribution in [0.1, 0.15) is 115 Å². The second-order valence-corrected chi connectivity index (χ2v) is 12.9. The summed E-state index contributed by atoms with van der Waals surface area (Å²) in [5.41, 5.74) is 0. The van der Waals surface area contributed by atoms with Crippen LogP contribution in [0.25, 0.3) is 0 Å². The van der Waals surface area contributed by atoms with Crippen LogP contribution in [0.4, 0.5) is 0 Å². The van der Waals surface area contributed by atoms with Gasteiger partial charge in [-0.1, -0.05) is 205 Å². The summed E-state index contributed by atoms with van der Waals surface area (Å²) < 4.78 is 0. The molecule has 5 aliphatic rings. The van der Waals surface area contributed by atoms with Crippen molar-refractivity contribution < 1.29 is 196 Å². The predicted octanol–water partition coefficient (Wildman–Crippen LogP) is 15.7. The Morgan fingerprint density at radius 3 is 0.593 bits per heavy atom. The van der Waals surface area contributed by atoms with Crippen molar-refractivity contribution in [3.05, 3.63) is 131 Å². The second kappa shape index (κ2) is 55.3. The van der Waals surface area contributed by atoms with Gasteiger partial charge in [-0.2, -0.15) is 0 Å². The van der Waals surface area contributed by atoms with Gasteiger partial charge >= 0.3 is 0 Å². The Labute approximate surface area is 493 Å². The molecule has 0 N–H and O–H groups in total. The predicted molar refractivity (Wildman–Crippen MR) is 225 cm³/mol. The van der Waals surface area contributed by atoms with E-state index in [2.05, 4.69) is 55.4 Å². The van der Waals surface area contributed by atoms with E-state index in [-0.39, 0.29) is 219 Å². The maximum absolute atomic E-state index is 2.57. The van der Waals surface area contributed by atoms with E-state index in [1.165, 1.54) is 12.8 Å². The standard InChI is InChI=1S/C17H28.3C6H6.2C3H8.2C2H6.3CH3.6Y/c1-8-9(2)13-6-5-12(8)16-14-7-15(17(13)16)11(4)10(14)3;3*1-2-4-6-5-3-1;2*1-3-2;2*1-2;;;;;;;;;/h8-17H,5-7H2,1-4H3;3*1-6H;2*3H2,1-2H3;2*1-2H3;3*1H3;;;;;;/q;;;;;;;;3*-1;;;;;;. The van der Waals surface area contributed by atoms with Gasteiger partial charge in [0.15, 0.2) is 0 Å². The maximum atomic E-state index is 2.57. The van der Waals surface area contributed by atoms with E-state index < -0.39 is 0 Å². The van der Waals surface area contributed by atoms with Crippen molar-refractivity contribution in [1.82, 2.24) is 0 Å². The molecule has 0 amide bonds.